The molecule has 0 aromatic carbocycles. The molecule has 1 rings (SSSR count). The molecule has 1 fully saturated rings. The summed E-state index contributed by atoms with van der Waals surface area (Å²) in [5.74, 6) is 0.117. The second-order valence-corrected chi connectivity index (χ2v) is 5.69. The third-order valence-corrected chi connectivity index (χ3v) is 3.98. The fourth-order valence-corrected chi connectivity index (χ4v) is 2.15. The average molecular weight is 332 g/mol. The minimum absolute atomic E-state index is 0.0385. The molecule has 136 valence electrons. The van der Waals surface area contributed by atoms with E-state index in [4.69, 9.17) is 24.7 Å². The van der Waals surface area contributed by atoms with Crippen molar-refractivity contribution in [2.75, 3.05) is 65.9 Å². The van der Waals surface area contributed by atoms with Gasteiger partial charge < -0.3 is 29.6 Å². The van der Waals surface area contributed by atoms with Crippen LogP contribution in [0.25, 0.3) is 0 Å². The predicted octanol–water partition coefficient (Wildman–Crippen LogP) is 0.268. The van der Waals surface area contributed by atoms with E-state index in [1.807, 2.05) is 13.8 Å². The van der Waals surface area contributed by atoms with Crippen LogP contribution in [0.3, 0.4) is 0 Å². The van der Waals surface area contributed by atoms with Gasteiger partial charge in [-0.3, -0.25) is 4.79 Å². The molecular formula is C16H32N2O5. The molecule has 0 bridgehead atoms. The van der Waals surface area contributed by atoms with Crippen LogP contribution in [0.4, 0.5) is 0 Å². The van der Waals surface area contributed by atoms with E-state index in [2.05, 4.69) is 0 Å². The summed E-state index contributed by atoms with van der Waals surface area (Å²) in [6, 6.07) is -0.478. The highest BCUT2D eigenvalue weighted by atomic mass is 16.6. The monoisotopic (exact) mass is 332 g/mol. The van der Waals surface area contributed by atoms with Gasteiger partial charge in [0.2, 0.25) is 5.91 Å². The van der Waals surface area contributed by atoms with E-state index < -0.39 is 6.04 Å². The normalized spacial score (nSPS) is 22.7. The predicted molar refractivity (Wildman–Crippen MR) is 87.3 cm³/mol. The summed E-state index contributed by atoms with van der Waals surface area (Å²) in [6.07, 6.45) is 0.877. The number of hydrogen-bond donors (Lipinski definition) is 1. The summed E-state index contributed by atoms with van der Waals surface area (Å²) in [7, 11) is 0. The average Bonchev–Trinajstić information content (AvgIpc) is 2.58. The molecule has 1 aliphatic heterocycles. The van der Waals surface area contributed by atoms with Gasteiger partial charge in [0.15, 0.2) is 0 Å². The summed E-state index contributed by atoms with van der Waals surface area (Å²) in [5, 5.41) is 0. The highest BCUT2D eigenvalue weighted by Crippen LogP contribution is 2.08. The standard InChI is InChI=1S/C16H32N2O5/c1-3-14(2)15(17)16(19)18-4-6-20-8-10-22-12-13-23-11-9-21-7-5-18/h14-15H,3-13,17H2,1-2H3/t14-,15+/m0/s1. The molecule has 7 nitrogen and oxygen atoms in total. The van der Waals surface area contributed by atoms with Gasteiger partial charge in [0, 0.05) is 13.1 Å². The van der Waals surface area contributed by atoms with Gasteiger partial charge in [-0.25, -0.2) is 0 Å². The zero-order valence-electron chi connectivity index (χ0n) is 14.5. The first-order valence-electron chi connectivity index (χ1n) is 8.52. The van der Waals surface area contributed by atoms with Crippen LogP contribution in [-0.4, -0.2) is 82.8 Å². The van der Waals surface area contributed by atoms with Crippen molar-refractivity contribution in [3.63, 3.8) is 0 Å². The second kappa shape index (κ2) is 12.7. The van der Waals surface area contributed by atoms with Gasteiger partial charge in [-0.05, 0) is 5.92 Å². The summed E-state index contributed by atoms with van der Waals surface area (Å²) in [4.78, 5) is 14.3. The van der Waals surface area contributed by atoms with Gasteiger partial charge in [0.05, 0.1) is 58.9 Å². The topological polar surface area (TPSA) is 83.3 Å². The lowest BCUT2D eigenvalue weighted by Gasteiger charge is -2.28. The van der Waals surface area contributed by atoms with Crippen molar-refractivity contribution < 1.29 is 23.7 Å². The van der Waals surface area contributed by atoms with Gasteiger partial charge in [0.1, 0.15) is 0 Å². The van der Waals surface area contributed by atoms with Gasteiger partial charge in [-0.2, -0.15) is 0 Å². The fraction of sp³-hybridized carbons (Fsp3) is 0.938. The van der Waals surface area contributed by atoms with Crippen molar-refractivity contribution >= 4 is 5.91 Å². The van der Waals surface area contributed by atoms with Crippen LogP contribution in [0, 0.1) is 5.92 Å². The highest BCUT2D eigenvalue weighted by molar-refractivity contribution is 5.82. The maximum absolute atomic E-state index is 12.5. The Bertz CT molecular complexity index is 301. The Hall–Kier alpha value is -0.730. The Balaban J connectivity index is 2.49. The van der Waals surface area contributed by atoms with Crippen molar-refractivity contribution in [1.29, 1.82) is 0 Å². The molecule has 0 aromatic heterocycles. The summed E-state index contributed by atoms with van der Waals surface area (Å²) in [6.45, 7) is 9.19. The first-order valence-corrected chi connectivity index (χ1v) is 8.52. The van der Waals surface area contributed by atoms with Crippen molar-refractivity contribution in [2.24, 2.45) is 11.7 Å². The first-order chi connectivity index (χ1) is 11.2. The van der Waals surface area contributed by atoms with Crippen LogP contribution in [-0.2, 0) is 23.7 Å². The Labute approximate surface area is 139 Å². The Kier molecular flexibility index (Phi) is 11.2. The van der Waals surface area contributed by atoms with Crippen LogP contribution >= 0.6 is 0 Å². The van der Waals surface area contributed by atoms with Crippen LogP contribution in [0.5, 0.6) is 0 Å². The number of amides is 1. The SMILES string of the molecule is CC[C@H](C)[C@@H](N)C(=O)N1CCOCCOCCOCCOCC1. The van der Waals surface area contributed by atoms with Crippen molar-refractivity contribution in [3.05, 3.63) is 0 Å². The van der Waals surface area contributed by atoms with Crippen molar-refractivity contribution in [2.45, 2.75) is 26.3 Å². The van der Waals surface area contributed by atoms with Crippen LogP contribution in [0.15, 0.2) is 0 Å². The molecule has 1 amide bonds. The number of nitrogens with zero attached hydrogens (tertiary/aromatic N) is 1. The molecule has 2 N–H and O–H groups in total. The van der Waals surface area contributed by atoms with Crippen LogP contribution in [0.1, 0.15) is 20.3 Å². The van der Waals surface area contributed by atoms with Crippen LogP contribution in [0.2, 0.25) is 0 Å². The Morgan fingerprint density at radius 2 is 1.30 bits per heavy atom. The summed E-state index contributed by atoms with van der Waals surface area (Å²) < 4.78 is 21.8. The lowest BCUT2D eigenvalue weighted by Crippen LogP contribution is -2.49. The zero-order chi connectivity index (χ0) is 16.9. The molecule has 0 aliphatic carbocycles. The summed E-state index contributed by atoms with van der Waals surface area (Å²) >= 11 is 0. The lowest BCUT2D eigenvalue weighted by atomic mass is 9.99. The highest BCUT2D eigenvalue weighted by Gasteiger charge is 2.24. The van der Waals surface area contributed by atoms with E-state index in [0.29, 0.717) is 65.9 Å². The van der Waals surface area contributed by atoms with Crippen molar-refractivity contribution in [3.8, 4) is 0 Å². The van der Waals surface area contributed by atoms with E-state index in [0.717, 1.165) is 6.42 Å². The Morgan fingerprint density at radius 3 is 1.70 bits per heavy atom. The maximum Gasteiger partial charge on any atom is 0.239 e. The number of rotatable bonds is 3. The quantitative estimate of drug-likeness (QED) is 0.799. The second-order valence-electron chi connectivity index (χ2n) is 5.69. The molecule has 7 heteroatoms. The molecule has 23 heavy (non-hydrogen) atoms. The van der Waals surface area contributed by atoms with E-state index in [9.17, 15) is 4.79 Å². The molecule has 2 atom stereocenters. The number of carbonyl (C=O) groups excluding carboxylic acids is 1. The molecule has 1 saturated heterocycles. The van der Waals surface area contributed by atoms with Gasteiger partial charge in [0.25, 0.3) is 0 Å². The van der Waals surface area contributed by atoms with Crippen molar-refractivity contribution in [1.82, 2.24) is 4.90 Å². The minimum Gasteiger partial charge on any atom is -0.377 e. The number of carbonyl (C=O) groups is 1. The van der Waals surface area contributed by atoms with E-state index >= 15 is 0 Å². The largest absolute Gasteiger partial charge is 0.377 e. The minimum atomic E-state index is -0.478. The fourth-order valence-electron chi connectivity index (χ4n) is 2.15. The smallest absolute Gasteiger partial charge is 0.239 e. The molecule has 1 aliphatic rings. The lowest BCUT2D eigenvalue weighted by molar-refractivity contribution is -0.135. The molecule has 0 unspecified atom stereocenters. The number of nitrogens with two attached hydrogens (primary N) is 1. The number of hydrogen-bond acceptors (Lipinski definition) is 6. The van der Waals surface area contributed by atoms with E-state index in [-0.39, 0.29) is 11.8 Å². The zero-order valence-corrected chi connectivity index (χ0v) is 14.5. The van der Waals surface area contributed by atoms with Gasteiger partial charge >= 0.3 is 0 Å². The van der Waals surface area contributed by atoms with Crippen LogP contribution < -0.4 is 5.73 Å². The van der Waals surface area contributed by atoms with E-state index in [1.54, 1.807) is 4.90 Å². The molecule has 0 radical (unpaired) electrons. The third kappa shape index (κ3) is 8.62. The third-order valence-electron chi connectivity index (χ3n) is 3.98. The van der Waals surface area contributed by atoms with E-state index in [1.165, 1.54) is 0 Å². The molecule has 0 aromatic rings. The number of ether oxygens (including phenoxy) is 4. The summed E-state index contributed by atoms with van der Waals surface area (Å²) in [5.41, 5.74) is 6.07. The molecule has 1 heterocycles. The molecule has 0 spiro atoms. The molecular weight excluding hydrogens is 300 g/mol. The maximum atomic E-state index is 12.5. The van der Waals surface area contributed by atoms with Gasteiger partial charge in [-0.1, -0.05) is 20.3 Å². The Morgan fingerprint density at radius 1 is 0.913 bits per heavy atom. The molecule has 0 saturated carbocycles. The van der Waals surface area contributed by atoms with Gasteiger partial charge in [-0.15, -0.1) is 0 Å². The first kappa shape index (κ1) is 20.3.